The second-order valence-electron chi connectivity index (χ2n) is 4.21. The van der Waals surface area contributed by atoms with Crippen LogP contribution in [0.25, 0.3) is 22.2 Å². The van der Waals surface area contributed by atoms with Crippen LogP contribution >= 0.6 is 34.2 Å². The predicted octanol–water partition coefficient (Wildman–Crippen LogP) is 4.74. The topological polar surface area (TPSA) is 38.9 Å². The molecule has 2 nitrogen and oxygen atoms in total. The van der Waals surface area contributed by atoms with Gasteiger partial charge in [0.05, 0.1) is 20.5 Å². The SMILES string of the molecule is Nc1c(I)c(-c2ccc(Cl)cc2)nc2ccccc12. The minimum absolute atomic E-state index is 0.715. The summed E-state index contributed by atoms with van der Waals surface area (Å²) in [5.74, 6) is 0. The zero-order valence-corrected chi connectivity index (χ0v) is 12.8. The highest BCUT2D eigenvalue weighted by Gasteiger charge is 2.11. The van der Waals surface area contributed by atoms with Crippen LogP contribution in [0.5, 0.6) is 0 Å². The molecule has 0 aliphatic rings. The first kappa shape index (κ1) is 12.7. The van der Waals surface area contributed by atoms with Crippen molar-refractivity contribution in [2.75, 3.05) is 5.73 Å². The van der Waals surface area contributed by atoms with E-state index in [0.717, 1.165) is 31.4 Å². The van der Waals surface area contributed by atoms with Crippen molar-refractivity contribution < 1.29 is 0 Å². The molecule has 0 fully saturated rings. The molecule has 0 unspecified atom stereocenters. The minimum Gasteiger partial charge on any atom is -0.397 e. The van der Waals surface area contributed by atoms with E-state index in [2.05, 4.69) is 22.6 Å². The van der Waals surface area contributed by atoms with Crippen LogP contribution in [0.15, 0.2) is 48.5 Å². The Morgan fingerprint density at radius 2 is 1.68 bits per heavy atom. The second-order valence-corrected chi connectivity index (χ2v) is 5.73. The number of rotatable bonds is 1. The van der Waals surface area contributed by atoms with Crippen molar-refractivity contribution in [1.82, 2.24) is 4.98 Å². The number of hydrogen-bond acceptors (Lipinski definition) is 2. The highest BCUT2D eigenvalue weighted by atomic mass is 127. The minimum atomic E-state index is 0.715. The van der Waals surface area contributed by atoms with E-state index < -0.39 is 0 Å². The van der Waals surface area contributed by atoms with Crippen LogP contribution in [0.1, 0.15) is 0 Å². The lowest BCUT2D eigenvalue weighted by atomic mass is 10.1. The van der Waals surface area contributed by atoms with Crippen molar-refractivity contribution in [2.24, 2.45) is 0 Å². The fourth-order valence-corrected chi connectivity index (χ4v) is 2.86. The third-order valence-electron chi connectivity index (χ3n) is 2.99. The highest BCUT2D eigenvalue weighted by molar-refractivity contribution is 14.1. The molecule has 0 saturated carbocycles. The van der Waals surface area contributed by atoms with Crippen molar-refractivity contribution in [3.63, 3.8) is 0 Å². The van der Waals surface area contributed by atoms with Gasteiger partial charge in [0.15, 0.2) is 0 Å². The average molecular weight is 381 g/mol. The van der Waals surface area contributed by atoms with E-state index in [-0.39, 0.29) is 0 Å². The summed E-state index contributed by atoms with van der Waals surface area (Å²) in [5, 5.41) is 1.71. The molecule has 2 N–H and O–H groups in total. The van der Waals surface area contributed by atoms with Gasteiger partial charge in [0.2, 0.25) is 0 Å². The number of nitrogens with two attached hydrogens (primary N) is 1. The van der Waals surface area contributed by atoms with Crippen LogP contribution in [-0.4, -0.2) is 4.98 Å². The molecule has 0 saturated heterocycles. The summed E-state index contributed by atoms with van der Waals surface area (Å²) < 4.78 is 0.971. The molecule has 0 bridgehead atoms. The van der Waals surface area contributed by atoms with Crippen molar-refractivity contribution in [3.8, 4) is 11.3 Å². The first-order valence-corrected chi connectivity index (χ1v) is 7.22. The van der Waals surface area contributed by atoms with Gasteiger partial charge in [-0.15, -0.1) is 0 Å². The Bertz CT molecular complexity index is 754. The summed E-state index contributed by atoms with van der Waals surface area (Å²) >= 11 is 8.16. The largest absolute Gasteiger partial charge is 0.397 e. The van der Waals surface area contributed by atoms with Crippen LogP contribution in [0.4, 0.5) is 5.69 Å². The van der Waals surface area contributed by atoms with E-state index in [4.69, 9.17) is 22.3 Å². The summed E-state index contributed by atoms with van der Waals surface area (Å²) in [7, 11) is 0. The smallest absolute Gasteiger partial charge is 0.0864 e. The maximum Gasteiger partial charge on any atom is 0.0864 e. The fourth-order valence-electron chi connectivity index (χ4n) is 2.01. The first-order chi connectivity index (χ1) is 9.16. The van der Waals surface area contributed by atoms with Gasteiger partial charge < -0.3 is 5.73 Å². The fraction of sp³-hybridized carbons (Fsp3) is 0. The normalized spacial score (nSPS) is 10.8. The summed E-state index contributed by atoms with van der Waals surface area (Å²) in [5.41, 5.74) is 9.81. The van der Waals surface area contributed by atoms with Crippen LogP contribution < -0.4 is 5.73 Å². The van der Waals surface area contributed by atoms with Gasteiger partial charge >= 0.3 is 0 Å². The Labute approximate surface area is 129 Å². The number of para-hydroxylation sites is 1. The molecule has 1 aromatic heterocycles. The zero-order chi connectivity index (χ0) is 13.4. The van der Waals surface area contributed by atoms with Crippen LogP contribution in [0.2, 0.25) is 5.02 Å². The number of anilines is 1. The molecule has 4 heteroatoms. The molecule has 0 aliphatic carbocycles. The number of hydrogen-bond donors (Lipinski definition) is 1. The maximum atomic E-state index is 6.21. The zero-order valence-electron chi connectivity index (χ0n) is 9.90. The Kier molecular flexibility index (Phi) is 3.33. The van der Waals surface area contributed by atoms with E-state index in [1.54, 1.807) is 0 Å². The lowest BCUT2D eigenvalue weighted by Gasteiger charge is -2.10. The number of fused-ring (bicyclic) bond motifs is 1. The number of pyridine rings is 1. The summed E-state index contributed by atoms with van der Waals surface area (Å²) in [6.45, 7) is 0. The second kappa shape index (κ2) is 4.98. The van der Waals surface area contributed by atoms with Crippen molar-refractivity contribution in [2.45, 2.75) is 0 Å². The standard InChI is InChI=1S/C15H10ClIN2/c16-10-7-5-9(6-8-10)15-13(17)14(18)11-3-1-2-4-12(11)19-15/h1-8H,(H2,18,19). The van der Waals surface area contributed by atoms with Gasteiger partial charge in [-0.1, -0.05) is 41.9 Å². The van der Waals surface area contributed by atoms with Gasteiger partial charge in [-0.05, 0) is 40.8 Å². The van der Waals surface area contributed by atoms with Gasteiger partial charge in [-0.2, -0.15) is 0 Å². The Hall–Kier alpha value is -1.33. The van der Waals surface area contributed by atoms with E-state index >= 15 is 0 Å². The molecule has 0 spiro atoms. The molecule has 0 amide bonds. The Balaban J connectivity index is 2.29. The van der Waals surface area contributed by atoms with Crippen molar-refractivity contribution >= 4 is 50.8 Å². The van der Waals surface area contributed by atoms with E-state index in [0.29, 0.717) is 5.02 Å². The molecule has 3 rings (SSSR count). The van der Waals surface area contributed by atoms with Gasteiger partial charge in [-0.3, -0.25) is 0 Å². The number of benzene rings is 2. The number of aromatic nitrogens is 1. The van der Waals surface area contributed by atoms with E-state index in [1.165, 1.54) is 0 Å². The maximum absolute atomic E-state index is 6.21. The van der Waals surface area contributed by atoms with Crippen LogP contribution in [0.3, 0.4) is 0 Å². The number of nitrogen functional groups attached to an aromatic ring is 1. The molecular formula is C15H10ClIN2. The summed E-state index contributed by atoms with van der Waals surface area (Å²) in [6, 6.07) is 15.5. The first-order valence-electron chi connectivity index (χ1n) is 5.76. The van der Waals surface area contributed by atoms with Crippen molar-refractivity contribution in [3.05, 3.63) is 57.1 Å². The van der Waals surface area contributed by atoms with E-state index in [9.17, 15) is 0 Å². The molecule has 94 valence electrons. The molecule has 0 atom stereocenters. The lowest BCUT2D eigenvalue weighted by molar-refractivity contribution is 1.38. The molecular weight excluding hydrogens is 371 g/mol. The monoisotopic (exact) mass is 380 g/mol. The predicted molar refractivity (Wildman–Crippen MR) is 89.3 cm³/mol. The third-order valence-corrected chi connectivity index (χ3v) is 4.33. The Morgan fingerprint density at radius 1 is 1.00 bits per heavy atom. The molecule has 2 aromatic carbocycles. The number of halogens is 2. The van der Waals surface area contributed by atoms with Crippen molar-refractivity contribution in [1.29, 1.82) is 0 Å². The quantitative estimate of drug-likeness (QED) is 0.619. The molecule has 0 radical (unpaired) electrons. The van der Waals surface area contributed by atoms with Gasteiger partial charge in [0.25, 0.3) is 0 Å². The molecule has 1 heterocycles. The molecule has 19 heavy (non-hydrogen) atoms. The summed E-state index contributed by atoms with van der Waals surface area (Å²) in [6.07, 6.45) is 0. The number of nitrogens with zero attached hydrogens (tertiary/aromatic N) is 1. The summed E-state index contributed by atoms with van der Waals surface area (Å²) in [4.78, 5) is 4.70. The van der Waals surface area contributed by atoms with E-state index in [1.807, 2.05) is 48.5 Å². The van der Waals surface area contributed by atoms with Gasteiger partial charge in [0.1, 0.15) is 0 Å². The van der Waals surface area contributed by atoms with Gasteiger partial charge in [-0.25, -0.2) is 4.98 Å². The van der Waals surface area contributed by atoms with Crippen LogP contribution in [-0.2, 0) is 0 Å². The molecule has 3 aromatic rings. The Morgan fingerprint density at radius 3 is 2.42 bits per heavy atom. The van der Waals surface area contributed by atoms with Crippen LogP contribution in [0, 0.1) is 3.57 Å². The highest BCUT2D eigenvalue weighted by Crippen LogP contribution is 2.33. The lowest BCUT2D eigenvalue weighted by Crippen LogP contribution is -1.97. The third kappa shape index (κ3) is 2.28. The van der Waals surface area contributed by atoms with Gasteiger partial charge in [0, 0.05) is 16.0 Å². The molecule has 0 aliphatic heterocycles. The average Bonchev–Trinajstić information content (AvgIpc) is 2.44.